The van der Waals surface area contributed by atoms with Crippen molar-refractivity contribution < 1.29 is 18.7 Å². The van der Waals surface area contributed by atoms with E-state index in [-0.39, 0.29) is 17.8 Å². The van der Waals surface area contributed by atoms with Gasteiger partial charge in [-0.3, -0.25) is 4.79 Å². The second kappa shape index (κ2) is 8.92. The van der Waals surface area contributed by atoms with Crippen molar-refractivity contribution in [3.63, 3.8) is 0 Å². The van der Waals surface area contributed by atoms with Gasteiger partial charge in [0, 0.05) is 4.88 Å². The van der Waals surface area contributed by atoms with Gasteiger partial charge in [-0.05, 0) is 48.9 Å². The molecule has 0 spiro atoms. The zero-order chi connectivity index (χ0) is 21.2. The molecule has 1 aromatic carbocycles. The van der Waals surface area contributed by atoms with Crippen molar-refractivity contribution in [2.24, 2.45) is 5.92 Å². The lowest BCUT2D eigenvalue weighted by molar-refractivity contribution is -0.119. The van der Waals surface area contributed by atoms with Crippen LogP contribution in [0.3, 0.4) is 0 Å². The summed E-state index contributed by atoms with van der Waals surface area (Å²) in [7, 11) is 0. The highest BCUT2D eigenvalue weighted by molar-refractivity contribution is 7.99. The molecule has 9 heteroatoms. The topological polar surface area (TPSA) is 86.5 Å². The average Bonchev–Trinajstić information content (AvgIpc) is 3.42. The largest absolute Gasteiger partial charge is 0.486 e. The molecule has 0 saturated heterocycles. The minimum atomic E-state index is -0.216. The highest BCUT2D eigenvalue weighted by Gasteiger charge is 2.22. The van der Waals surface area contributed by atoms with E-state index in [0.717, 1.165) is 29.4 Å². The van der Waals surface area contributed by atoms with Crippen molar-refractivity contribution >= 4 is 29.0 Å². The van der Waals surface area contributed by atoms with E-state index < -0.39 is 0 Å². The first kappa shape index (κ1) is 20.4. The predicted molar refractivity (Wildman–Crippen MR) is 119 cm³/mol. The molecule has 2 aromatic heterocycles. The molecule has 0 bridgehead atoms. The van der Waals surface area contributed by atoms with Crippen LogP contribution in [0.2, 0.25) is 0 Å². The van der Waals surface area contributed by atoms with Crippen molar-refractivity contribution in [2.45, 2.75) is 37.5 Å². The number of hydrogen-bond acceptors (Lipinski definition) is 8. The Bertz CT molecular complexity index is 1080. The molecule has 7 nitrogen and oxygen atoms in total. The Balaban J connectivity index is 1.10. The number of aryl methyl sites for hydroxylation is 1. The van der Waals surface area contributed by atoms with E-state index >= 15 is 0 Å². The first-order valence-electron chi connectivity index (χ1n) is 10.4. The van der Waals surface area contributed by atoms with Gasteiger partial charge >= 0.3 is 0 Å². The van der Waals surface area contributed by atoms with Gasteiger partial charge in [0.25, 0.3) is 11.1 Å². The van der Waals surface area contributed by atoms with Crippen LogP contribution in [0.15, 0.2) is 40.0 Å². The Morgan fingerprint density at radius 3 is 3.06 bits per heavy atom. The van der Waals surface area contributed by atoms with Crippen molar-refractivity contribution in [1.82, 2.24) is 15.5 Å². The summed E-state index contributed by atoms with van der Waals surface area (Å²) in [6.07, 6.45) is 3.25. The number of nitrogens with one attached hydrogen (secondary N) is 1. The number of benzene rings is 1. The summed E-state index contributed by atoms with van der Waals surface area (Å²) in [6, 6.07) is 9.69. The van der Waals surface area contributed by atoms with Crippen LogP contribution in [-0.4, -0.2) is 41.1 Å². The van der Waals surface area contributed by atoms with Crippen molar-refractivity contribution in [3.8, 4) is 22.3 Å². The minimum absolute atomic E-state index is 0.118. The van der Waals surface area contributed by atoms with Gasteiger partial charge in [0.2, 0.25) is 5.91 Å². The van der Waals surface area contributed by atoms with E-state index in [2.05, 4.69) is 28.5 Å². The molecule has 0 unspecified atom stereocenters. The van der Waals surface area contributed by atoms with Crippen molar-refractivity contribution in [1.29, 1.82) is 0 Å². The maximum absolute atomic E-state index is 12.2. The van der Waals surface area contributed by atoms with Crippen LogP contribution >= 0.6 is 23.1 Å². The van der Waals surface area contributed by atoms with Gasteiger partial charge in [-0.25, -0.2) is 0 Å². The van der Waals surface area contributed by atoms with E-state index in [4.69, 9.17) is 13.9 Å². The second-order valence-corrected chi connectivity index (χ2v) is 9.93. The average molecular weight is 458 g/mol. The Morgan fingerprint density at radius 2 is 2.16 bits per heavy atom. The molecule has 3 aromatic rings. The fourth-order valence-electron chi connectivity index (χ4n) is 3.75. The van der Waals surface area contributed by atoms with Crippen LogP contribution < -0.4 is 14.8 Å². The molecule has 1 N–H and O–H groups in total. The van der Waals surface area contributed by atoms with Gasteiger partial charge in [-0.2, -0.15) is 0 Å². The molecule has 0 fully saturated rings. The van der Waals surface area contributed by atoms with Gasteiger partial charge in [-0.15, -0.1) is 21.5 Å². The lowest BCUT2D eigenvalue weighted by Crippen LogP contribution is -2.41. The molecule has 0 saturated carbocycles. The van der Waals surface area contributed by atoms with Crippen LogP contribution in [0.25, 0.3) is 10.8 Å². The number of thioether (sulfide) groups is 1. The number of carbonyl (C=O) groups is 1. The Morgan fingerprint density at radius 1 is 1.29 bits per heavy atom. The van der Waals surface area contributed by atoms with Crippen LogP contribution in [0.1, 0.15) is 23.8 Å². The minimum Gasteiger partial charge on any atom is -0.486 e. The summed E-state index contributed by atoms with van der Waals surface area (Å²) >= 11 is 2.97. The zero-order valence-corrected chi connectivity index (χ0v) is 18.8. The highest BCUT2D eigenvalue weighted by Crippen LogP contribution is 2.37. The summed E-state index contributed by atoms with van der Waals surface area (Å²) in [5, 5.41) is 11.5. The van der Waals surface area contributed by atoms with E-state index in [0.29, 0.717) is 30.0 Å². The summed E-state index contributed by atoms with van der Waals surface area (Å²) < 4.78 is 17.3. The van der Waals surface area contributed by atoms with Gasteiger partial charge in [-0.1, -0.05) is 30.8 Å². The smallest absolute Gasteiger partial charge is 0.277 e. The lowest BCUT2D eigenvalue weighted by atomic mass is 9.90. The molecule has 0 radical (unpaired) electrons. The number of para-hydroxylation sites is 2. The molecular formula is C22H23N3O4S2. The second-order valence-electron chi connectivity index (χ2n) is 7.87. The van der Waals surface area contributed by atoms with Gasteiger partial charge in [0.05, 0.1) is 17.2 Å². The molecule has 1 aliphatic heterocycles. The fraction of sp³-hybridized carbons (Fsp3) is 0.409. The Kier molecular flexibility index (Phi) is 5.87. The number of aromatic nitrogens is 2. The molecule has 2 aliphatic rings. The summed E-state index contributed by atoms with van der Waals surface area (Å²) in [5.74, 6) is 2.76. The number of fused-ring (bicyclic) bond motifs is 2. The van der Waals surface area contributed by atoms with E-state index in [1.165, 1.54) is 28.6 Å². The number of carbonyl (C=O) groups excluding carboxylic acids is 1. The van der Waals surface area contributed by atoms with E-state index in [1.807, 2.05) is 24.3 Å². The predicted octanol–water partition coefficient (Wildman–Crippen LogP) is 3.97. The Hall–Kier alpha value is -2.52. The third kappa shape index (κ3) is 4.72. The third-order valence-corrected chi connectivity index (χ3v) is 7.41. The first-order valence-corrected chi connectivity index (χ1v) is 12.2. The highest BCUT2D eigenvalue weighted by atomic mass is 32.2. The molecule has 3 heterocycles. The lowest BCUT2D eigenvalue weighted by Gasteiger charge is -2.26. The maximum Gasteiger partial charge on any atom is 0.277 e. The van der Waals surface area contributed by atoms with E-state index in [1.54, 1.807) is 11.3 Å². The summed E-state index contributed by atoms with van der Waals surface area (Å²) in [6.45, 7) is 3.07. The number of rotatable bonds is 6. The number of ether oxygens (including phenoxy) is 2. The van der Waals surface area contributed by atoms with Crippen LogP contribution in [-0.2, 0) is 17.6 Å². The number of thiophene rings is 1. The zero-order valence-electron chi connectivity index (χ0n) is 17.1. The summed E-state index contributed by atoms with van der Waals surface area (Å²) in [4.78, 5) is 14.7. The van der Waals surface area contributed by atoms with Gasteiger partial charge in [0.15, 0.2) is 11.5 Å². The normalized spacial score (nSPS) is 19.6. The standard InChI is InChI=1S/C22H23N3O4S2/c1-13-6-7-18-14(8-13)9-19(31-18)21-24-25-22(29-21)30-12-20(26)23-10-15-11-27-16-4-2-3-5-17(16)28-15/h2-5,9,13,15H,6-8,10-12H2,1H3,(H,23,26)/t13-,15-/m0/s1. The van der Waals surface area contributed by atoms with Crippen LogP contribution in [0, 0.1) is 5.92 Å². The Labute approximate surface area is 188 Å². The maximum atomic E-state index is 12.2. The molecule has 1 amide bonds. The molecule has 162 valence electrons. The molecule has 2 atom stereocenters. The van der Waals surface area contributed by atoms with Crippen molar-refractivity contribution in [2.75, 3.05) is 18.9 Å². The van der Waals surface area contributed by atoms with Crippen LogP contribution in [0.5, 0.6) is 11.5 Å². The number of hydrogen-bond donors (Lipinski definition) is 1. The SMILES string of the molecule is C[C@H]1CCc2sc(-c3nnc(SCC(=O)NC[C@H]4COc5ccccc5O4)o3)cc2C1. The number of amides is 1. The van der Waals surface area contributed by atoms with Crippen LogP contribution in [0.4, 0.5) is 0 Å². The molecular weight excluding hydrogens is 434 g/mol. The van der Waals surface area contributed by atoms with E-state index in [9.17, 15) is 4.79 Å². The van der Waals surface area contributed by atoms with Gasteiger partial charge in [0.1, 0.15) is 12.7 Å². The molecule has 31 heavy (non-hydrogen) atoms. The molecule has 5 rings (SSSR count). The molecule has 1 aliphatic carbocycles. The summed E-state index contributed by atoms with van der Waals surface area (Å²) in [5.41, 5.74) is 1.40. The number of nitrogens with zero attached hydrogens (tertiary/aromatic N) is 2. The monoisotopic (exact) mass is 457 g/mol. The fourth-order valence-corrected chi connectivity index (χ4v) is 5.47. The van der Waals surface area contributed by atoms with Gasteiger partial charge < -0.3 is 19.2 Å². The first-order chi connectivity index (χ1) is 15.1. The quantitative estimate of drug-likeness (QED) is 0.561. The third-order valence-electron chi connectivity index (χ3n) is 5.37. The van der Waals surface area contributed by atoms with Crippen molar-refractivity contribution in [3.05, 3.63) is 40.8 Å².